The van der Waals surface area contributed by atoms with Crippen molar-refractivity contribution >= 4 is 51.9 Å². The summed E-state index contributed by atoms with van der Waals surface area (Å²) in [5.41, 5.74) is 9.43. The predicted molar refractivity (Wildman–Crippen MR) is 255 cm³/mol. The molecule has 4 saturated heterocycles. The summed E-state index contributed by atoms with van der Waals surface area (Å²) in [5.74, 6) is 0.0428. The Morgan fingerprint density at radius 2 is 1.46 bits per heavy atom. The molecule has 0 bridgehead atoms. The summed E-state index contributed by atoms with van der Waals surface area (Å²) in [4.78, 5) is 76.5. The number of hydrogen-bond acceptors (Lipinski definition) is 15. The first kappa shape index (κ1) is 47.1. The number of benzene rings is 1. The molecule has 10 rings (SSSR count). The van der Waals surface area contributed by atoms with Gasteiger partial charge in [-0.25, -0.2) is 33.4 Å². The fourth-order valence-corrected chi connectivity index (χ4v) is 10.5. The molecule has 1 atom stereocenters. The van der Waals surface area contributed by atoms with Gasteiger partial charge in [-0.3, -0.25) is 29.4 Å². The Morgan fingerprint density at radius 1 is 0.814 bits per heavy atom. The molecule has 5 fully saturated rings. The third kappa shape index (κ3) is 9.76. The molecule has 4 amide bonds. The first-order chi connectivity index (χ1) is 33.7. The molecular formula is C49H60F2N14O5. The molecule has 5 aliphatic rings. The maximum Gasteiger partial charge on any atom is 0.249 e. The fraction of sp³-hybridized carbons (Fsp3) is 0.551. The highest BCUT2D eigenvalue weighted by molar-refractivity contribution is 6.02. The van der Waals surface area contributed by atoms with Gasteiger partial charge in [-0.1, -0.05) is 5.16 Å². The zero-order valence-corrected chi connectivity index (χ0v) is 39.9. The zero-order chi connectivity index (χ0) is 48.8. The molecule has 370 valence electrons. The smallest absolute Gasteiger partial charge is 0.249 e. The van der Waals surface area contributed by atoms with E-state index in [0.717, 1.165) is 56.4 Å². The van der Waals surface area contributed by atoms with Gasteiger partial charge in [0, 0.05) is 102 Å². The predicted octanol–water partition coefficient (Wildman–Crippen LogP) is 5.20. The SMILES string of the molecule is CC(C)(C)n1nc(-c2noc(C3CC3)c2-c2ncc(C3CCN(C(=O)CCC(=O)N4CCC(CN5CCN(c6c(F)cc(NC7CCC(=O)NC7=O)cc6F)CC5)CC4)CC3)cn2)c2c(N)ncnc21. The monoisotopic (exact) mass is 962 g/mol. The normalized spacial score (nSPS) is 20.1. The lowest BCUT2D eigenvalue weighted by Crippen LogP contribution is -2.49. The van der Waals surface area contributed by atoms with Crippen LogP contribution >= 0.6 is 0 Å². The maximum absolute atomic E-state index is 15.3. The summed E-state index contributed by atoms with van der Waals surface area (Å²) in [5, 5.41) is 15.2. The van der Waals surface area contributed by atoms with Gasteiger partial charge in [0.25, 0.3) is 0 Å². The highest BCUT2D eigenvalue weighted by Crippen LogP contribution is 2.48. The quantitative estimate of drug-likeness (QED) is 0.137. The summed E-state index contributed by atoms with van der Waals surface area (Å²) in [6.07, 6.45) is 11.1. The number of imide groups is 1. The lowest BCUT2D eigenvalue weighted by Gasteiger charge is -2.39. The van der Waals surface area contributed by atoms with Gasteiger partial charge in [0.05, 0.1) is 16.5 Å². The molecule has 4 aliphatic heterocycles. The van der Waals surface area contributed by atoms with Gasteiger partial charge in [-0.15, -0.1) is 0 Å². The van der Waals surface area contributed by atoms with E-state index < -0.39 is 29.1 Å². The standard InChI is InChI=1S/C49H60F2N14O5/c1-49(2,3)65-47-40(45(52)55-27-56-47)41(59-65)42-39(44(70-60-42)30-4-5-30)46-53-24-31(25-54-46)29-12-16-63(17-13-29)38(68)9-8-37(67)62-14-10-28(11-15-62)26-61-18-20-64(21-19-61)43-33(50)22-32(23-34(43)51)57-35-6-7-36(66)58-48(35)69/h22-25,27-30,35,57H,4-21,26H2,1-3H3,(H2,52,55,56)(H,58,66,69). The second kappa shape index (κ2) is 19.3. The van der Waals surface area contributed by atoms with Crippen LogP contribution in [0, 0.1) is 17.6 Å². The van der Waals surface area contributed by atoms with Gasteiger partial charge < -0.3 is 30.3 Å². The molecule has 1 saturated carbocycles. The number of carbonyl (C=O) groups is 4. The van der Waals surface area contributed by atoms with Crippen LogP contribution in [0.25, 0.3) is 33.8 Å². The van der Waals surface area contributed by atoms with Crippen molar-refractivity contribution in [1.29, 1.82) is 0 Å². The van der Waals surface area contributed by atoms with Gasteiger partial charge in [0.2, 0.25) is 23.6 Å². The van der Waals surface area contributed by atoms with Crippen molar-refractivity contribution in [3.63, 3.8) is 0 Å². The summed E-state index contributed by atoms with van der Waals surface area (Å²) in [6, 6.07) is 1.65. The van der Waals surface area contributed by atoms with Crippen molar-refractivity contribution < 1.29 is 32.5 Å². The Hall–Kier alpha value is -6.64. The molecule has 0 spiro atoms. The number of piperazine rings is 1. The Balaban J connectivity index is 0.666. The summed E-state index contributed by atoms with van der Waals surface area (Å²) < 4.78 is 38.3. The van der Waals surface area contributed by atoms with E-state index >= 15 is 8.78 Å². The highest BCUT2D eigenvalue weighted by atomic mass is 19.1. The van der Waals surface area contributed by atoms with Crippen molar-refractivity contribution in [2.75, 3.05) is 74.9 Å². The summed E-state index contributed by atoms with van der Waals surface area (Å²) >= 11 is 0. The minimum absolute atomic E-state index is 0.00304. The molecule has 19 nitrogen and oxygen atoms in total. The number of rotatable bonds is 12. The number of piperidine rings is 3. The number of fused-ring (bicyclic) bond motifs is 1. The third-order valence-electron chi connectivity index (χ3n) is 14.6. The second-order valence-corrected chi connectivity index (χ2v) is 20.5. The van der Waals surface area contributed by atoms with Crippen LogP contribution in [0.5, 0.6) is 0 Å². The molecule has 21 heteroatoms. The van der Waals surface area contributed by atoms with E-state index in [2.05, 4.69) is 30.7 Å². The van der Waals surface area contributed by atoms with Crippen LogP contribution in [0.15, 0.2) is 35.4 Å². The summed E-state index contributed by atoms with van der Waals surface area (Å²) in [6.45, 7) is 11.7. The first-order valence-corrected chi connectivity index (χ1v) is 24.6. The van der Waals surface area contributed by atoms with Gasteiger partial charge >= 0.3 is 0 Å². The minimum Gasteiger partial charge on any atom is -0.383 e. The lowest BCUT2D eigenvalue weighted by atomic mass is 9.91. The molecule has 8 heterocycles. The molecule has 4 N–H and O–H groups in total. The van der Waals surface area contributed by atoms with Crippen LogP contribution in [0.1, 0.15) is 108 Å². The number of nitrogens with two attached hydrogens (primary N) is 1. The van der Waals surface area contributed by atoms with Gasteiger partial charge in [-0.05, 0) is 95.2 Å². The van der Waals surface area contributed by atoms with E-state index in [0.29, 0.717) is 97.9 Å². The Kier molecular flexibility index (Phi) is 13.0. The van der Waals surface area contributed by atoms with E-state index in [1.807, 2.05) is 47.6 Å². The number of amides is 4. The maximum atomic E-state index is 15.3. The van der Waals surface area contributed by atoms with Crippen molar-refractivity contribution in [2.45, 2.75) is 108 Å². The first-order valence-electron chi connectivity index (χ1n) is 24.6. The van der Waals surface area contributed by atoms with Gasteiger partial charge in [0.1, 0.15) is 35.3 Å². The summed E-state index contributed by atoms with van der Waals surface area (Å²) in [7, 11) is 0. The number of nitrogens with one attached hydrogen (secondary N) is 2. The number of aromatic nitrogens is 7. The van der Waals surface area contributed by atoms with Crippen molar-refractivity contribution in [1.82, 2.24) is 54.9 Å². The zero-order valence-electron chi connectivity index (χ0n) is 39.9. The second-order valence-electron chi connectivity index (χ2n) is 20.5. The number of nitrogen functional groups attached to an aromatic ring is 1. The van der Waals surface area contributed by atoms with Crippen LogP contribution in [-0.2, 0) is 24.7 Å². The number of hydrogen-bond donors (Lipinski definition) is 3. The largest absolute Gasteiger partial charge is 0.383 e. The molecule has 1 aliphatic carbocycles. The van der Waals surface area contributed by atoms with Crippen LogP contribution in [0.3, 0.4) is 0 Å². The Bertz CT molecular complexity index is 2760. The minimum atomic E-state index is -0.739. The van der Waals surface area contributed by atoms with Crippen molar-refractivity contribution in [2.24, 2.45) is 5.92 Å². The highest BCUT2D eigenvalue weighted by Gasteiger charge is 2.37. The van der Waals surface area contributed by atoms with E-state index in [4.69, 9.17) is 25.3 Å². The fourth-order valence-electron chi connectivity index (χ4n) is 10.5. The number of nitrogens with zero attached hydrogens (tertiary/aromatic N) is 11. The molecular weight excluding hydrogens is 903 g/mol. The van der Waals surface area contributed by atoms with Gasteiger partial charge in [-0.2, -0.15) is 5.10 Å². The van der Waals surface area contributed by atoms with Gasteiger partial charge in [0.15, 0.2) is 28.9 Å². The number of anilines is 3. The number of carbonyl (C=O) groups excluding carboxylic acids is 4. The Morgan fingerprint density at radius 3 is 2.07 bits per heavy atom. The molecule has 5 aromatic rings. The molecule has 1 aromatic carbocycles. The number of likely N-dealkylation sites (tertiary alicyclic amines) is 2. The van der Waals surface area contributed by atoms with Crippen LogP contribution < -0.4 is 21.3 Å². The number of halogens is 2. The van der Waals surface area contributed by atoms with Crippen LogP contribution in [0.2, 0.25) is 0 Å². The van der Waals surface area contributed by atoms with E-state index in [-0.39, 0.29) is 66.6 Å². The molecule has 4 aromatic heterocycles. The van der Waals surface area contributed by atoms with E-state index in [1.54, 1.807) is 4.90 Å². The van der Waals surface area contributed by atoms with E-state index in [9.17, 15) is 19.2 Å². The van der Waals surface area contributed by atoms with E-state index in [1.165, 1.54) is 18.5 Å². The van der Waals surface area contributed by atoms with Crippen molar-refractivity contribution in [3.05, 3.63) is 53.8 Å². The van der Waals surface area contributed by atoms with Crippen LogP contribution in [0.4, 0.5) is 26.0 Å². The molecule has 1 unspecified atom stereocenters. The van der Waals surface area contributed by atoms with Crippen LogP contribution in [-0.4, -0.2) is 138 Å². The van der Waals surface area contributed by atoms with Crippen molar-refractivity contribution in [3.8, 4) is 22.8 Å². The topological polar surface area (TPSA) is 227 Å². The Labute approximate surface area is 403 Å². The third-order valence-corrected chi connectivity index (χ3v) is 14.6. The average molecular weight is 963 g/mol. The molecule has 70 heavy (non-hydrogen) atoms. The molecule has 0 radical (unpaired) electrons. The average Bonchev–Trinajstić information content (AvgIpc) is 3.96. The lowest BCUT2D eigenvalue weighted by molar-refractivity contribution is -0.138.